The van der Waals surface area contributed by atoms with Crippen LogP contribution < -0.4 is 5.32 Å². The molecule has 3 rings (SSSR count). The molecule has 114 valence electrons. The van der Waals surface area contributed by atoms with Crippen molar-refractivity contribution in [2.24, 2.45) is 11.3 Å². The fraction of sp³-hybridized carbons (Fsp3) is 0.938. The second kappa shape index (κ2) is 5.30. The third-order valence-corrected chi connectivity index (χ3v) is 5.73. The largest absolute Gasteiger partial charge is 0.378 e. The van der Waals surface area contributed by atoms with E-state index in [0.29, 0.717) is 24.6 Å². The lowest BCUT2D eigenvalue weighted by molar-refractivity contribution is -0.169. The highest BCUT2D eigenvalue weighted by Gasteiger charge is 2.56. The first-order valence-corrected chi connectivity index (χ1v) is 8.22. The lowest BCUT2D eigenvalue weighted by Crippen LogP contribution is -2.65. The molecular formula is C16H28N2O2. The first-order valence-electron chi connectivity index (χ1n) is 8.22. The van der Waals surface area contributed by atoms with Crippen LogP contribution in [0.25, 0.3) is 0 Å². The molecule has 0 aromatic rings. The molecule has 4 heteroatoms. The van der Waals surface area contributed by atoms with Crippen LogP contribution in [0.15, 0.2) is 0 Å². The number of carbonyl (C=O) groups is 1. The predicted octanol–water partition coefficient (Wildman–Crippen LogP) is 2.14. The zero-order valence-electron chi connectivity index (χ0n) is 13.0. The first-order chi connectivity index (χ1) is 9.55. The third-order valence-electron chi connectivity index (χ3n) is 5.73. The van der Waals surface area contributed by atoms with Crippen LogP contribution in [0, 0.1) is 11.3 Å². The van der Waals surface area contributed by atoms with Crippen LogP contribution in [-0.4, -0.2) is 42.3 Å². The molecule has 2 saturated carbocycles. The molecule has 1 heterocycles. The quantitative estimate of drug-likeness (QED) is 0.858. The molecule has 1 N–H and O–H groups in total. The van der Waals surface area contributed by atoms with E-state index in [1.54, 1.807) is 0 Å². The predicted molar refractivity (Wildman–Crippen MR) is 78.2 cm³/mol. The van der Waals surface area contributed by atoms with E-state index in [0.717, 1.165) is 13.0 Å². The van der Waals surface area contributed by atoms with Gasteiger partial charge in [-0.05, 0) is 32.1 Å². The smallest absolute Gasteiger partial charge is 0.238 e. The number of nitrogens with zero attached hydrogens (tertiary/aromatic N) is 1. The lowest BCUT2D eigenvalue weighted by Gasteiger charge is -2.56. The average molecular weight is 280 g/mol. The summed E-state index contributed by atoms with van der Waals surface area (Å²) in [7, 11) is 0. The van der Waals surface area contributed by atoms with Crippen molar-refractivity contribution in [3.05, 3.63) is 0 Å². The van der Waals surface area contributed by atoms with Crippen LogP contribution in [0.2, 0.25) is 0 Å². The van der Waals surface area contributed by atoms with Crippen LogP contribution in [0.3, 0.4) is 0 Å². The second-order valence-corrected chi connectivity index (χ2v) is 7.19. The van der Waals surface area contributed by atoms with Crippen LogP contribution >= 0.6 is 0 Å². The molecule has 0 aromatic heterocycles. The van der Waals surface area contributed by atoms with Crippen LogP contribution in [0.1, 0.15) is 52.9 Å². The Morgan fingerprint density at radius 1 is 1.35 bits per heavy atom. The van der Waals surface area contributed by atoms with E-state index in [2.05, 4.69) is 24.1 Å². The zero-order chi connectivity index (χ0) is 14.3. The van der Waals surface area contributed by atoms with E-state index in [1.807, 2.05) is 6.92 Å². The zero-order valence-corrected chi connectivity index (χ0v) is 13.0. The molecule has 3 atom stereocenters. The molecule has 0 radical (unpaired) electrons. The average Bonchev–Trinajstić information content (AvgIpc) is 3.04. The minimum Gasteiger partial charge on any atom is -0.378 e. The summed E-state index contributed by atoms with van der Waals surface area (Å²) < 4.78 is 5.82. The topological polar surface area (TPSA) is 41.6 Å². The summed E-state index contributed by atoms with van der Waals surface area (Å²) in [5.41, 5.74) is 0.0779. The normalized spacial score (nSPS) is 37.5. The minimum absolute atomic E-state index is 0.0779. The van der Waals surface area contributed by atoms with Crippen molar-refractivity contribution in [3.8, 4) is 0 Å². The van der Waals surface area contributed by atoms with Gasteiger partial charge in [0.1, 0.15) is 0 Å². The Morgan fingerprint density at radius 3 is 2.65 bits per heavy atom. The molecule has 0 aromatic carbocycles. The van der Waals surface area contributed by atoms with E-state index >= 15 is 0 Å². The maximum atomic E-state index is 12.4. The van der Waals surface area contributed by atoms with Crippen LogP contribution in [0.4, 0.5) is 0 Å². The Morgan fingerprint density at radius 2 is 2.05 bits per heavy atom. The molecule has 1 saturated heterocycles. The van der Waals surface area contributed by atoms with E-state index in [1.165, 1.54) is 25.7 Å². The Hall–Kier alpha value is -0.610. The van der Waals surface area contributed by atoms with Gasteiger partial charge >= 0.3 is 0 Å². The summed E-state index contributed by atoms with van der Waals surface area (Å²) in [6.45, 7) is 7.83. The van der Waals surface area contributed by atoms with Gasteiger partial charge in [0.25, 0.3) is 0 Å². The molecule has 0 spiro atoms. The molecule has 20 heavy (non-hydrogen) atoms. The second-order valence-electron chi connectivity index (χ2n) is 7.19. The van der Waals surface area contributed by atoms with Crippen molar-refractivity contribution in [1.82, 2.24) is 10.2 Å². The summed E-state index contributed by atoms with van der Waals surface area (Å²) in [6, 6.07) is 0.340. The fourth-order valence-electron chi connectivity index (χ4n) is 4.39. The summed E-state index contributed by atoms with van der Waals surface area (Å²) in [6.07, 6.45) is 6.75. The number of amides is 1. The number of rotatable bonds is 4. The van der Waals surface area contributed by atoms with E-state index in [-0.39, 0.29) is 17.5 Å². The van der Waals surface area contributed by atoms with E-state index in [4.69, 9.17) is 4.74 Å². The molecule has 0 bridgehead atoms. The highest BCUT2D eigenvalue weighted by Crippen LogP contribution is 2.48. The molecule has 1 aliphatic heterocycles. The van der Waals surface area contributed by atoms with Crippen molar-refractivity contribution in [2.75, 3.05) is 13.2 Å². The summed E-state index contributed by atoms with van der Waals surface area (Å²) in [5.74, 6) is 0.943. The maximum absolute atomic E-state index is 12.4. The molecule has 2 aliphatic carbocycles. The van der Waals surface area contributed by atoms with Crippen LogP contribution in [-0.2, 0) is 9.53 Å². The Balaban J connectivity index is 1.72. The molecule has 4 nitrogen and oxygen atoms in total. The van der Waals surface area contributed by atoms with Crippen molar-refractivity contribution in [3.63, 3.8) is 0 Å². The number of ether oxygens (including phenoxy) is 1. The molecule has 3 unspecified atom stereocenters. The SMILES string of the molecule is CCOC1CC(N2C(=O)CNC2C2CCCC2)C1(C)C. The summed E-state index contributed by atoms with van der Waals surface area (Å²) >= 11 is 0. The summed E-state index contributed by atoms with van der Waals surface area (Å²) in [5, 5.41) is 3.47. The van der Waals surface area contributed by atoms with Gasteiger partial charge in [0.05, 0.1) is 18.8 Å². The van der Waals surface area contributed by atoms with Crippen molar-refractivity contribution >= 4 is 5.91 Å². The van der Waals surface area contributed by atoms with E-state index < -0.39 is 0 Å². The van der Waals surface area contributed by atoms with Gasteiger partial charge in [-0.15, -0.1) is 0 Å². The van der Waals surface area contributed by atoms with Gasteiger partial charge in [0.15, 0.2) is 0 Å². The molecule has 3 aliphatic rings. The Bertz CT molecular complexity index is 377. The van der Waals surface area contributed by atoms with Gasteiger partial charge in [-0.2, -0.15) is 0 Å². The number of hydrogen-bond donors (Lipinski definition) is 1. The van der Waals surface area contributed by atoms with Crippen molar-refractivity contribution < 1.29 is 9.53 Å². The van der Waals surface area contributed by atoms with Gasteiger partial charge in [0, 0.05) is 18.1 Å². The van der Waals surface area contributed by atoms with Crippen molar-refractivity contribution in [1.29, 1.82) is 0 Å². The molecule has 3 fully saturated rings. The number of hydrogen-bond acceptors (Lipinski definition) is 3. The highest BCUT2D eigenvalue weighted by molar-refractivity contribution is 5.81. The third kappa shape index (κ3) is 2.17. The van der Waals surface area contributed by atoms with Gasteiger partial charge in [0.2, 0.25) is 5.91 Å². The van der Waals surface area contributed by atoms with E-state index in [9.17, 15) is 4.79 Å². The van der Waals surface area contributed by atoms with Gasteiger partial charge in [-0.3, -0.25) is 10.1 Å². The molecular weight excluding hydrogens is 252 g/mol. The molecule has 1 amide bonds. The van der Waals surface area contributed by atoms with Crippen molar-refractivity contribution in [2.45, 2.75) is 71.2 Å². The first kappa shape index (κ1) is 14.3. The minimum atomic E-state index is 0.0779. The van der Waals surface area contributed by atoms with Gasteiger partial charge < -0.3 is 9.64 Å². The van der Waals surface area contributed by atoms with Gasteiger partial charge in [-0.25, -0.2) is 0 Å². The van der Waals surface area contributed by atoms with Gasteiger partial charge in [-0.1, -0.05) is 26.7 Å². The standard InChI is InChI=1S/C16H28N2O2/c1-4-20-13-9-12(16(13,2)3)18-14(19)10-17-15(18)11-7-5-6-8-11/h11-13,15,17H,4-10H2,1-3H3. The number of nitrogens with one attached hydrogen (secondary N) is 1. The summed E-state index contributed by atoms with van der Waals surface area (Å²) in [4.78, 5) is 14.5. The fourth-order valence-corrected chi connectivity index (χ4v) is 4.39. The van der Waals surface area contributed by atoms with Crippen LogP contribution in [0.5, 0.6) is 0 Å². The highest BCUT2D eigenvalue weighted by atomic mass is 16.5. The maximum Gasteiger partial charge on any atom is 0.238 e. The Labute approximate surface area is 122 Å². The monoisotopic (exact) mass is 280 g/mol. The Kier molecular flexibility index (Phi) is 3.80. The lowest BCUT2D eigenvalue weighted by atomic mass is 9.63. The number of carbonyl (C=O) groups excluding carboxylic acids is 1.